The van der Waals surface area contributed by atoms with E-state index >= 15 is 0 Å². The first kappa shape index (κ1) is 13.1. The van der Waals surface area contributed by atoms with Crippen LogP contribution < -0.4 is 0 Å². The molecular formula is C10H13F3N2O3. The maximum atomic E-state index is 13.1. The fourth-order valence-corrected chi connectivity index (χ4v) is 2.49. The van der Waals surface area contributed by atoms with Crippen LogP contribution in [0, 0.1) is 5.92 Å². The monoisotopic (exact) mass is 266 g/mol. The van der Waals surface area contributed by atoms with Crippen molar-refractivity contribution in [2.24, 2.45) is 11.0 Å². The van der Waals surface area contributed by atoms with Crippen LogP contribution in [0.25, 0.3) is 0 Å². The summed E-state index contributed by atoms with van der Waals surface area (Å²) in [4.78, 5) is 11.4. The molecule has 0 radical (unpaired) electrons. The summed E-state index contributed by atoms with van der Waals surface area (Å²) in [6, 6.07) is 0. The second-order valence-electron chi connectivity index (χ2n) is 4.40. The number of halogens is 3. The van der Waals surface area contributed by atoms with Gasteiger partial charge in [-0.05, 0) is 19.3 Å². The Bertz CT molecular complexity index is 396. The number of methoxy groups -OCH3 is 1. The molecule has 0 saturated heterocycles. The lowest BCUT2D eigenvalue weighted by Gasteiger charge is -2.37. The van der Waals surface area contributed by atoms with Gasteiger partial charge in [0.2, 0.25) is 0 Å². The van der Waals surface area contributed by atoms with Gasteiger partial charge in [0.1, 0.15) is 0 Å². The van der Waals surface area contributed by atoms with Crippen molar-refractivity contribution in [2.75, 3.05) is 7.11 Å². The molecule has 1 amide bonds. The molecule has 0 aromatic rings. The Kier molecular flexibility index (Phi) is 3.00. The van der Waals surface area contributed by atoms with Crippen LogP contribution in [0.1, 0.15) is 25.7 Å². The van der Waals surface area contributed by atoms with E-state index in [4.69, 9.17) is 0 Å². The molecule has 1 aliphatic heterocycles. The molecule has 1 heterocycles. The van der Waals surface area contributed by atoms with Gasteiger partial charge in [-0.3, -0.25) is 0 Å². The highest BCUT2D eigenvalue weighted by molar-refractivity contribution is 5.92. The van der Waals surface area contributed by atoms with E-state index in [0.717, 1.165) is 7.11 Å². The van der Waals surface area contributed by atoms with Crippen molar-refractivity contribution in [1.82, 2.24) is 5.01 Å². The Balaban J connectivity index is 2.43. The molecule has 102 valence electrons. The number of hydrogen-bond acceptors (Lipinski definition) is 4. The van der Waals surface area contributed by atoms with E-state index in [2.05, 4.69) is 9.84 Å². The summed E-state index contributed by atoms with van der Waals surface area (Å²) in [5, 5.41) is 13.6. The molecule has 1 N–H and O–H groups in total. The summed E-state index contributed by atoms with van der Waals surface area (Å²) in [6.07, 6.45) is -4.50. The molecule has 2 aliphatic rings. The zero-order valence-electron chi connectivity index (χ0n) is 9.70. The number of carbonyl (C=O) groups is 1. The van der Waals surface area contributed by atoms with Crippen LogP contribution in [-0.2, 0) is 4.74 Å². The van der Waals surface area contributed by atoms with Crippen molar-refractivity contribution < 1.29 is 27.8 Å². The first-order valence-electron chi connectivity index (χ1n) is 5.57. The van der Waals surface area contributed by atoms with Gasteiger partial charge in [-0.2, -0.15) is 23.3 Å². The van der Waals surface area contributed by atoms with E-state index in [9.17, 15) is 23.1 Å². The van der Waals surface area contributed by atoms with E-state index in [1.54, 1.807) is 0 Å². The summed E-state index contributed by atoms with van der Waals surface area (Å²) in [5.41, 5.74) is -3.07. The molecule has 5 nitrogen and oxygen atoms in total. The van der Waals surface area contributed by atoms with E-state index < -0.39 is 23.9 Å². The normalized spacial score (nSPS) is 31.9. The van der Waals surface area contributed by atoms with Gasteiger partial charge < -0.3 is 9.84 Å². The van der Waals surface area contributed by atoms with Gasteiger partial charge in [-0.15, -0.1) is 0 Å². The molecule has 18 heavy (non-hydrogen) atoms. The van der Waals surface area contributed by atoms with Crippen molar-refractivity contribution >= 4 is 11.8 Å². The third-order valence-corrected chi connectivity index (χ3v) is 3.38. The maximum absolute atomic E-state index is 13.1. The Morgan fingerprint density at radius 3 is 2.78 bits per heavy atom. The number of fused-ring (bicyclic) bond motifs is 1. The molecule has 1 fully saturated rings. The molecule has 1 aliphatic carbocycles. The standard InChI is InChI=1S/C10H13F3N2O3/c1-18-8(16)15-9(17,10(11,12)13)6-4-2-3-5-7(6)14-15/h6,17H,2-5H2,1H3. The third kappa shape index (κ3) is 1.66. The summed E-state index contributed by atoms with van der Waals surface area (Å²) in [6.45, 7) is 0. The van der Waals surface area contributed by atoms with Gasteiger partial charge in [-0.25, -0.2) is 4.79 Å². The fraction of sp³-hybridized carbons (Fsp3) is 0.800. The molecule has 0 aromatic carbocycles. The first-order valence-corrected chi connectivity index (χ1v) is 5.57. The zero-order chi connectivity index (χ0) is 13.6. The second-order valence-corrected chi connectivity index (χ2v) is 4.40. The fourth-order valence-electron chi connectivity index (χ4n) is 2.49. The number of rotatable bonds is 0. The van der Waals surface area contributed by atoms with Crippen molar-refractivity contribution in [1.29, 1.82) is 0 Å². The zero-order valence-corrected chi connectivity index (χ0v) is 9.70. The van der Waals surface area contributed by atoms with Crippen LogP contribution >= 0.6 is 0 Å². The highest BCUT2D eigenvalue weighted by atomic mass is 19.4. The maximum Gasteiger partial charge on any atom is 0.439 e. The molecule has 1 saturated carbocycles. The number of aliphatic hydroxyl groups is 1. The molecule has 0 aromatic heterocycles. The van der Waals surface area contributed by atoms with Crippen LogP contribution in [0.15, 0.2) is 5.10 Å². The summed E-state index contributed by atoms with van der Waals surface area (Å²) >= 11 is 0. The number of alkyl halides is 3. The predicted octanol–water partition coefficient (Wildman–Crippen LogP) is 1.87. The van der Waals surface area contributed by atoms with Crippen LogP contribution in [0.4, 0.5) is 18.0 Å². The van der Waals surface area contributed by atoms with Gasteiger partial charge in [0.15, 0.2) is 0 Å². The Morgan fingerprint density at radius 2 is 2.22 bits per heavy atom. The lowest BCUT2D eigenvalue weighted by Crippen LogP contribution is -2.61. The molecule has 2 atom stereocenters. The summed E-state index contributed by atoms with van der Waals surface area (Å²) in [7, 11) is 0.946. The molecule has 2 rings (SSSR count). The molecule has 0 spiro atoms. The number of ether oxygens (including phenoxy) is 1. The van der Waals surface area contributed by atoms with Gasteiger partial charge >= 0.3 is 12.3 Å². The number of amides is 1. The highest BCUT2D eigenvalue weighted by Gasteiger charge is 2.68. The van der Waals surface area contributed by atoms with Gasteiger partial charge in [0.25, 0.3) is 5.72 Å². The minimum atomic E-state index is -4.98. The minimum absolute atomic E-state index is 0.0261. The summed E-state index contributed by atoms with van der Waals surface area (Å²) in [5.74, 6) is -1.19. The van der Waals surface area contributed by atoms with Crippen molar-refractivity contribution in [2.45, 2.75) is 37.6 Å². The Hall–Kier alpha value is -1.31. The molecule has 0 bridgehead atoms. The minimum Gasteiger partial charge on any atom is -0.451 e. The average molecular weight is 266 g/mol. The van der Waals surface area contributed by atoms with E-state index in [0.29, 0.717) is 19.3 Å². The van der Waals surface area contributed by atoms with E-state index in [1.807, 2.05) is 0 Å². The predicted molar refractivity (Wildman–Crippen MR) is 54.6 cm³/mol. The number of hydrazone groups is 1. The smallest absolute Gasteiger partial charge is 0.439 e. The number of hydrogen-bond donors (Lipinski definition) is 1. The third-order valence-electron chi connectivity index (χ3n) is 3.38. The van der Waals surface area contributed by atoms with Gasteiger partial charge in [0, 0.05) is 5.71 Å². The largest absolute Gasteiger partial charge is 0.451 e. The van der Waals surface area contributed by atoms with Crippen LogP contribution in [0.2, 0.25) is 0 Å². The molecular weight excluding hydrogens is 253 g/mol. The van der Waals surface area contributed by atoms with Crippen LogP contribution in [0.3, 0.4) is 0 Å². The van der Waals surface area contributed by atoms with E-state index in [-0.39, 0.29) is 17.1 Å². The SMILES string of the molecule is COC(=O)N1N=C2CCCCC2C1(O)C(F)(F)F. The lowest BCUT2D eigenvalue weighted by atomic mass is 9.80. The molecule has 8 heteroatoms. The van der Waals surface area contributed by atoms with E-state index in [1.165, 1.54) is 0 Å². The van der Waals surface area contributed by atoms with Crippen molar-refractivity contribution in [3.05, 3.63) is 0 Å². The van der Waals surface area contributed by atoms with Gasteiger partial charge in [0.05, 0.1) is 13.0 Å². The van der Waals surface area contributed by atoms with Crippen LogP contribution in [-0.4, -0.2) is 40.9 Å². The van der Waals surface area contributed by atoms with Crippen molar-refractivity contribution in [3.63, 3.8) is 0 Å². The second kappa shape index (κ2) is 4.11. The number of carbonyl (C=O) groups excluding carboxylic acids is 1. The van der Waals surface area contributed by atoms with Gasteiger partial charge in [-0.1, -0.05) is 6.42 Å². The summed E-state index contributed by atoms with van der Waals surface area (Å²) < 4.78 is 43.5. The quantitative estimate of drug-likeness (QED) is 0.728. The topological polar surface area (TPSA) is 62.1 Å². The lowest BCUT2D eigenvalue weighted by molar-refractivity contribution is -0.314. The Labute approximate surface area is 101 Å². The highest BCUT2D eigenvalue weighted by Crippen LogP contribution is 2.48. The van der Waals surface area contributed by atoms with Crippen LogP contribution in [0.5, 0.6) is 0 Å². The first-order chi connectivity index (χ1) is 8.32. The van der Waals surface area contributed by atoms with Crippen molar-refractivity contribution in [3.8, 4) is 0 Å². The Morgan fingerprint density at radius 1 is 1.56 bits per heavy atom. The number of nitrogens with zero attached hydrogens (tertiary/aromatic N) is 2. The molecule has 2 unspecified atom stereocenters. The average Bonchev–Trinajstić information content (AvgIpc) is 2.63.